The van der Waals surface area contributed by atoms with E-state index in [2.05, 4.69) is 4.98 Å². The first-order valence-corrected chi connectivity index (χ1v) is 8.44. The molecule has 1 aromatic heterocycles. The molecule has 2 amide bonds. The molecule has 1 fully saturated rings. The lowest BCUT2D eigenvalue weighted by Crippen LogP contribution is -2.50. The molecule has 0 saturated carbocycles. The number of aromatic amines is 1. The number of carbonyl (C=O) groups excluding carboxylic acids is 2. The fourth-order valence-corrected chi connectivity index (χ4v) is 3.21. The highest BCUT2D eigenvalue weighted by Crippen LogP contribution is 2.28. The molecule has 7 heteroatoms. The number of benzene rings is 1. The molecule has 1 aliphatic rings. The van der Waals surface area contributed by atoms with Crippen LogP contribution < -0.4 is 4.74 Å². The predicted octanol–water partition coefficient (Wildman–Crippen LogP) is 2.58. The number of aromatic nitrogens is 1. The number of aryl methyl sites for hydroxylation is 1. The van der Waals surface area contributed by atoms with E-state index in [0.717, 1.165) is 5.56 Å². The van der Waals surface area contributed by atoms with E-state index in [1.54, 1.807) is 47.5 Å². The fourth-order valence-electron chi connectivity index (χ4n) is 2.96. The number of nitrogens with one attached hydrogen (secondary N) is 1. The van der Waals surface area contributed by atoms with E-state index in [-0.39, 0.29) is 11.8 Å². The Morgan fingerprint density at radius 2 is 1.76 bits per heavy atom. The van der Waals surface area contributed by atoms with Crippen LogP contribution in [-0.2, 0) is 0 Å². The van der Waals surface area contributed by atoms with Gasteiger partial charge in [-0.3, -0.25) is 9.59 Å². The minimum absolute atomic E-state index is 0.0166. The standard InChI is InChI=1S/C18H20ClN3O3/c1-12-9-16(25-2)15(19)10-14(12)18(24)22-7-5-21(6-8-22)17(23)13-3-4-20-11-13/h3-4,9-11,20H,5-8H2,1-2H3. The van der Waals surface area contributed by atoms with Gasteiger partial charge in [0.15, 0.2) is 0 Å². The van der Waals surface area contributed by atoms with Crippen molar-refractivity contribution in [2.75, 3.05) is 33.3 Å². The summed E-state index contributed by atoms with van der Waals surface area (Å²) in [5.74, 6) is 0.463. The third-order valence-electron chi connectivity index (χ3n) is 4.43. The molecule has 132 valence electrons. The molecule has 25 heavy (non-hydrogen) atoms. The van der Waals surface area contributed by atoms with E-state index in [1.807, 2.05) is 6.92 Å². The van der Waals surface area contributed by atoms with Crippen molar-refractivity contribution in [2.24, 2.45) is 0 Å². The maximum Gasteiger partial charge on any atom is 0.255 e. The summed E-state index contributed by atoms with van der Waals surface area (Å²) in [6, 6.07) is 5.17. The topological polar surface area (TPSA) is 65.6 Å². The average molecular weight is 362 g/mol. The van der Waals surface area contributed by atoms with E-state index < -0.39 is 0 Å². The number of amides is 2. The number of halogens is 1. The van der Waals surface area contributed by atoms with Gasteiger partial charge in [0.25, 0.3) is 11.8 Å². The van der Waals surface area contributed by atoms with Gasteiger partial charge >= 0.3 is 0 Å². The molecule has 3 rings (SSSR count). The van der Waals surface area contributed by atoms with E-state index >= 15 is 0 Å². The third-order valence-corrected chi connectivity index (χ3v) is 4.72. The number of hydrogen-bond donors (Lipinski definition) is 1. The van der Waals surface area contributed by atoms with Gasteiger partial charge in [-0.2, -0.15) is 0 Å². The van der Waals surface area contributed by atoms with Crippen LogP contribution in [0.25, 0.3) is 0 Å². The molecule has 1 saturated heterocycles. The minimum atomic E-state index is -0.0733. The zero-order valence-electron chi connectivity index (χ0n) is 14.2. The molecular weight excluding hydrogens is 342 g/mol. The molecule has 1 aliphatic heterocycles. The summed E-state index contributed by atoms with van der Waals surface area (Å²) in [6.07, 6.45) is 3.41. The van der Waals surface area contributed by atoms with Crippen LogP contribution in [-0.4, -0.2) is 59.9 Å². The summed E-state index contributed by atoms with van der Waals surface area (Å²) in [6.45, 7) is 3.88. The Kier molecular flexibility index (Phi) is 4.99. The van der Waals surface area contributed by atoms with Gasteiger partial charge in [-0.25, -0.2) is 0 Å². The Bertz CT molecular complexity index is 781. The van der Waals surface area contributed by atoms with E-state index in [9.17, 15) is 9.59 Å². The summed E-state index contributed by atoms with van der Waals surface area (Å²) in [4.78, 5) is 31.5. The highest BCUT2D eigenvalue weighted by atomic mass is 35.5. The van der Waals surface area contributed by atoms with Gasteiger partial charge in [0.1, 0.15) is 5.75 Å². The van der Waals surface area contributed by atoms with E-state index in [4.69, 9.17) is 16.3 Å². The number of carbonyl (C=O) groups is 2. The maximum absolute atomic E-state index is 12.8. The third kappa shape index (κ3) is 3.49. The first kappa shape index (κ1) is 17.4. The van der Waals surface area contributed by atoms with Crippen LogP contribution in [0, 0.1) is 6.92 Å². The second-order valence-electron chi connectivity index (χ2n) is 5.99. The van der Waals surface area contributed by atoms with Gasteiger partial charge in [-0.05, 0) is 30.7 Å². The van der Waals surface area contributed by atoms with Crippen molar-refractivity contribution in [3.8, 4) is 5.75 Å². The first-order chi connectivity index (χ1) is 12.0. The van der Waals surface area contributed by atoms with Crippen molar-refractivity contribution in [3.63, 3.8) is 0 Å². The van der Waals surface area contributed by atoms with Crippen LogP contribution in [0.4, 0.5) is 0 Å². The van der Waals surface area contributed by atoms with Crippen LogP contribution in [0.15, 0.2) is 30.6 Å². The quantitative estimate of drug-likeness (QED) is 0.913. The SMILES string of the molecule is COc1cc(C)c(C(=O)N2CCN(C(=O)c3cc[nH]c3)CC2)cc1Cl. The lowest BCUT2D eigenvalue weighted by molar-refractivity contribution is 0.0535. The molecule has 0 atom stereocenters. The average Bonchev–Trinajstić information content (AvgIpc) is 3.17. The Hall–Kier alpha value is -2.47. The van der Waals surface area contributed by atoms with Gasteiger partial charge in [0, 0.05) is 44.1 Å². The summed E-state index contributed by atoms with van der Waals surface area (Å²) in [5, 5.41) is 0.415. The second-order valence-corrected chi connectivity index (χ2v) is 6.39. The molecule has 1 aromatic carbocycles. The summed E-state index contributed by atoms with van der Waals surface area (Å²) in [5.41, 5.74) is 2.02. The predicted molar refractivity (Wildman–Crippen MR) is 95.3 cm³/mol. The van der Waals surface area contributed by atoms with Crippen LogP contribution in [0.5, 0.6) is 5.75 Å². The normalized spacial score (nSPS) is 14.5. The molecule has 0 unspecified atom stereocenters. The van der Waals surface area contributed by atoms with E-state index in [0.29, 0.717) is 48.1 Å². The molecule has 6 nitrogen and oxygen atoms in total. The number of hydrogen-bond acceptors (Lipinski definition) is 3. The summed E-state index contributed by atoms with van der Waals surface area (Å²) >= 11 is 6.15. The number of methoxy groups -OCH3 is 1. The van der Waals surface area contributed by atoms with E-state index in [1.165, 1.54) is 0 Å². The van der Waals surface area contributed by atoms with Gasteiger partial charge in [-0.15, -0.1) is 0 Å². The first-order valence-electron chi connectivity index (χ1n) is 8.06. The van der Waals surface area contributed by atoms with Crippen molar-refractivity contribution in [3.05, 3.63) is 52.3 Å². The molecule has 2 heterocycles. The maximum atomic E-state index is 12.8. The molecule has 2 aromatic rings. The Morgan fingerprint density at radius 1 is 1.12 bits per heavy atom. The van der Waals surface area contributed by atoms with Gasteiger partial charge < -0.3 is 19.5 Å². The van der Waals surface area contributed by atoms with Crippen molar-refractivity contribution >= 4 is 23.4 Å². The van der Waals surface area contributed by atoms with Gasteiger partial charge in [-0.1, -0.05) is 11.6 Å². The Labute approximate surface area is 151 Å². The van der Waals surface area contributed by atoms with Crippen molar-refractivity contribution in [2.45, 2.75) is 6.92 Å². The molecule has 0 aliphatic carbocycles. The van der Waals surface area contributed by atoms with Crippen LogP contribution >= 0.6 is 11.6 Å². The number of ether oxygens (including phenoxy) is 1. The molecule has 1 N–H and O–H groups in total. The smallest absolute Gasteiger partial charge is 0.255 e. The lowest BCUT2D eigenvalue weighted by Gasteiger charge is -2.35. The molecular formula is C18H20ClN3O3. The lowest BCUT2D eigenvalue weighted by atomic mass is 10.1. The second kappa shape index (κ2) is 7.19. The largest absolute Gasteiger partial charge is 0.495 e. The molecule has 0 radical (unpaired) electrons. The molecule has 0 spiro atoms. The van der Waals surface area contributed by atoms with Crippen molar-refractivity contribution < 1.29 is 14.3 Å². The number of piperazine rings is 1. The van der Waals surface area contributed by atoms with Crippen molar-refractivity contribution in [1.82, 2.24) is 14.8 Å². The van der Waals surface area contributed by atoms with Crippen LogP contribution in [0.1, 0.15) is 26.3 Å². The van der Waals surface area contributed by atoms with Gasteiger partial charge in [0.2, 0.25) is 0 Å². The summed E-state index contributed by atoms with van der Waals surface area (Å²) < 4.78 is 5.18. The highest BCUT2D eigenvalue weighted by molar-refractivity contribution is 6.32. The monoisotopic (exact) mass is 361 g/mol. The van der Waals surface area contributed by atoms with Crippen molar-refractivity contribution in [1.29, 1.82) is 0 Å². The Morgan fingerprint density at radius 3 is 2.32 bits per heavy atom. The highest BCUT2D eigenvalue weighted by Gasteiger charge is 2.26. The minimum Gasteiger partial charge on any atom is -0.495 e. The summed E-state index contributed by atoms with van der Waals surface area (Å²) in [7, 11) is 1.54. The van der Waals surface area contributed by atoms with Crippen LogP contribution in [0.2, 0.25) is 5.02 Å². The Balaban J connectivity index is 1.68. The zero-order chi connectivity index (χ0) is 18.0. The number of H-pyrrole nitrogens is 1. The number of nitrogens with zero attached hydrogens (tertiary/aromatic N) is 2. The fraction of sp³-hybridized carbons (Fsp3) is 0.333. The number of rotatable bonds is 3. The zero-order valence-corrected chi connectivity index (χ0v) is 15.0. The van der Waals surface area contributed by atoms with Crippen LogP contribution in [0.3, 0.4) is 0 Å². The van der Waals surface area contributed by atoms with Gasteiger partial charge in [0.05, 0.1) is 17.7 Å². The molecule has 0 bridgehead atoms.